The molecule has 0 aromatic heterocycles. The maximum Gasteiger partial charge on any atom is 0.0319 e. The van der Waals surface area contributed by atoms with Gasteiger partial charge in [-0.3, -0.25) is 0 Å². The first-order valence-corrected chi connectivity index (χ1v) is 3.27. The largest absolute Gasteiger partial charge is 0.412 e. The Labute approximate surface area is 67.8 Å². The highest BCUT2D eigenvalue weighted by Crippen LogP contribution is 1.99. The van der Waals surface area contributed by atoms with E-state index in [-0.39, 0.29) is 5.48 Å². The minimum Gasteiger partial charge on any atom is -0.412 e. The smallest absolute Gasteiger partial charge is 0.0319 e. The summed E-state index contributed by atoms with van der Waals surface area (Å²) in [5.41, 5.74) is 2.66. The molecule has 0 spiro atoms. The van der Waals surface area contributed by atoms with E-state index in [1.165, 1.54) is 11.1 Å². The van der Waals surface area contributed by atoms with Crippen molar-refractivity contribution in [2.75, 3.05) is 7.11 Å². The molecule has 0 aliphatic rings. The number of aliphatic hydroxyl groups excluding tert-OH is 1. The van der Waals surface area contributed by atoms with Crippen LogP contribution in [-0.4, -0.2) is 17.7 Å². The van der Waals surface area contributed by atoms with Crippen LogP contribution >= 0.6 is 0 Å². The summed E-state index contributed by atoms with van der Waals surface area (Å²) in [7, 11) is 1.00. The molecule has 1 rings (SSSR count). The number of hydrogen-bond donors (Lipinski definition) is 1. The summed E-state index contributed by atoms with van der Waals surface area (Å²) in [4.78, 5) is 0. The molecule has 0 aliphatic heterocycles. The van der Waals surface area contributed by atoms with Gasteiger partial charge in [0.25, 0.3) is 0 Å². The van der Waals surface area contributed by atoms with Gasteiger partial charge in [0.1, 0.15) is 0 Å². The summed E-state index contributed by atoms with van der Waals surface area (Å²) >= 11 is 0. The fraction of sp³-hybridized carbons (Fsp3) is 0.333. The first kappa shape index (κ1) is 12.8. The highest BCUT2D eigenvalue weighted by molar-refractivity contribution is 5.19. The predicted octanol–water partition coefficient (Wildman–Crippen LogP) is 1.09. The second-order valence-corrected chi connectivity index (χ2v) is 2.15. The van der Waals surface area contributed by atoms with Crippen molar-refractivity contribution < 1.29 is 10.6 Å². The average molecular weight is 156 g/mol. The van der Waals surface area contributed by atoms with Gasteiger partial charge in [-0.15, -0.1) is 0 Å². The summed E-state index contributed by atoms with van der Waals surface area (Å²) < 4.78 is 0. The Kier molecular flexibility index (Phi) is 8.43. The molecule has 0 bridgehead atoms. The third-order valence-electron chi connectivity index (χ3n) is 1.22. The van der Waals surface area contributed by atoms with Crippen LogP contribution in [0.4, 0.5) is 0 Å². The molecular formula is C9H16O2. The van der Waals surface area contributed by atoms with Crippen LogP contribution < -0.4 is 0 Å². The lowest BCUT2D eigenvalue weighted by molar-refractivity contribution is 0.399. The molecule has 0 radical (unpaired) electrons. The Morgan fingerprint density at radius 1 is 0.818 bits per heavy atom. The van der Waals surface area contributed by atoms with Gasteiger partial charge in [-0.2, -0.15) is 0 Å². The van der Waals surface area contributed by atoms with Crippen molar-refractivity contribution in [1.29, 1.82) is 0 Å². The van der Waals surface area contributed by atoms with Crippen LogP contribution in [0.3, 0.4) is 0 Å². The average Bonchev–Trinajstić information content (AvgIpc) is 2.00. The molecule has 64 valence electrons. The second kappa shape index (κ2) is 7.25. The summed E-state index contributed by atoms with van der Waals surface area (Å²) in [6.45, 7) is 4.19. The molecule has 0 saturated carbocycles. The lowest BCUT2D eigenvalue weighted by Gasteiger charge is -1.90. The van der Waals surface area contributed by atoms with Crippen molar-refractivity contribution in [2.24, 2.45) is 0 Å². The van der Waals surface area contributed by atoms with Crippen LogP contribution in [0, 0.1) is 13.8 Å². The van der Waals surface area contributed by atoms with Crippen LogP contribution in [0.15, 0.2) is 24.3 Å². The molecule has 0 aliphatic carbocycles. The molecule has 0 amide bonds. The standard InChI is InChI=1S/C8H10.CH4O.H2O/c1-7-3-5-8(2)6-4-7;1-2;/h3-6H,1-2H3;2H,1H3;1H2. The molecule has 0 unspecified atom stereocenters. The predicted molar refractivity (Wildman–Crippen MR) is 47.7 cm³/mol. The number of hydrogen-bond acceptors (Lipinski definition) is 1. The molecular weight excluding hydrogens is 140 g/mol. The maximum atomic E-state index is 7.00. The molecule has 2 heteroatoms. The van der Waals surface area contributed by atoms with Gasteiger partial charge < -0.3 is 10.6 Å². The lowest BCUT2D eigenvalue weighted by atomic mass is 10.2. The molecule has 0 fully saturated rings. The van der Waals surface area contributed by atoms with Crippen LogP contribution in [0.2, 0.25) is 0 Å². The molecule has 11 heavy (non-hydrogen) atoms. The summed E-state index contributed by atoms with van der Waals surface area (Å²) in [6, 6.07) is 8.48. The quantitative estimate of drug-likeness (QED) is 0.600. The van der Waals surface area contributed by atoms with Crippen LogP contribution in [0.1, 0.15) is 11.1 Å². The topological polar surface area (TPSA) is 51.7 Å². The fourth-order valence-corrected chi connectivity index (χ4v) is 0.637. The van der Waals surface area contributed by atoms with Gasteiger partial charge in [0, 0.05) is 7.11 Å². The minimum atomic E-state index is 0. The number of rotatable bonds is 0. The van der Waals surface area contributed by atoms with Crippen LogP contribution in [0.5, 0.6) is 0 Å². The van der Waals surface area contributed by atoms with Gasteiger partial charge in [-0.25, -0.2) is 0 Å². The van der Waals surface area contributed by atoms with Crippen molar-refractivity contribution in [1.82, 2.24) is 0 Å². The Morgan fingerprint density at radius 3 is 1.18 bits per heavy atom. The van der Waals surface area contributed by atoms with E-state index in [9.17, 15) is 0 Å². The molecule has 0 atom stereocenters. The second-order valence-electron chi connectivity index (χ2n) is 2.15. The van der Waals surface area contributed by atoms with E-state index in [1.54, 1.807) is 0 Å². The lowest BCUT2D eigenvalue weighted by Crippen LogP contribution is -1.70. The zero-order valence-electron chi connectivity index (χ0n) is 7.26. The highest BCUT2D eigenvalue weighted by Gasteiger charge is 1.79. The van der Waals surface area contributed by atoms with E-state index in [0.29, 0.717) is 0 Å². The summed E-state index contributed by atoms with van der Waals surface area (Å²) in [5.74, 6) is 0. The maximum absolute atomic E-state index is 7.00. The zero-order chi connectivity index (χ0) is 7.98. The van der Waals surface area contributed by atoms with Crippen molar-refractivity contribution >= 4 is 0 Å². The Bertz CT molecular complexity index is 146. The van der Waals surface area contributed by atoms with Gasteiger partial charge in [-0.05, 0) is 13.8 Å². The number of aliphatic hydroxyl groups is 1. The van der Waals surface area contributed by atoms with E-state index in [1.807, 2.05) is 0 Å². The first-order chi connectivity index (χ1) is 4.79. The Balaban J connectivity index is 0. The third-order valence-corrected chi connectivity index (χ3v) is 1.22. The third kappa shape index (κ3) is 5.58. The number of benzene rings is 1. The van der Waals surface area contributed by atoms with Gasteiger partial charge in [0.05, 0.1) is 0 Å². The molecule has 0 heterocycles. The van der Waals surface area contributed by atoms with Crippen molar-refractivity contribution in [3.8, 4) is 0 Å². The van der Waals surface area contributed by atoms with Crippen molar-refractivity contribution in [2.45, 2.75) is 13.8 Å². The minimum absolute atomic E-state index is 0. The van der Waals surface area contributed by atoms with E-state index in [2.05, 4.69) is 38.1 Å². The molecule has 1 aromatic rings. The van der Waals surface area contributed by atoms with Crippen molar-refractivity contribution in [3.05, 3.63) is 35.4 Å². The summed E-state index contributed by atoms with van der Waals surface area (Å²) in [6.07, 6.45) is 0. The monoisotopic (exact) mass is 156 g/mol. The highest BCUT2D eigenvalue weighted by atomic mass is 16.2. The van der Waals surface area contributed by atoms with Crippen molar-refractivity contribution in [3.63, 3.8) is 0 Å². The SMILES string of the molecule is CO.Cc1ccc(C)cc1.O. The molecule has 1 aromatic carbocycles. The molecule has 2 nitrogen and oxygen atoms in total. The first-order valence-electron chi connectivity index (χ1n) is 3.27. The van der Waals surface area contributed by atoms with E-state index >= 15 is 0 Å². The van der Waals surface area contributed by atoms with Crippen LogP contribution in [0.25, 0.3) is 0 Å². The van der Waals surface area contributed by atoms with Gasteiger partial charge in [-0.1, -0.05) is 35.4 Å². The van der Waals surface area contributed by atoms with Crippen LogP contribution in [-0.2, 0) is 0 Å². The van der Waals surface area contributed by atoms with Gasteiger partial charge in [0.15, 0.2) is 0 Å². The van der Waals surface area contributed by atoms with E-state index in [4.69, 9.17) is 5.11 Å². The van der Waals surface area contributed by atoms with Gasteiger partial charge in [0.2, 0.25) is 0 Å². The fourth-order valence-electron chi connectivity index (χ4n) is 0.637. The molecule has 0 saturated heterocycles. The summed E-state index contributed by atoms with van der Waals surface area (Å²) in [5, 5.41) is 7.00. The van der Waals surface area contributed by atoms with E-state index in [0.717, 1.165) is 7.11 Å². The zero-order valence-corrected chi connectivity index (χ0v) is 7.26. The normalized spacial score (nSPS) is 7.27. The van der Waals surface area contributed by atoms with Gasteiger partial charge >= 0.3 is 0 Å². The van der Waals surface area contributed by atoms with E-state index < -0.39 is 0 Å². The number of aryl methyl sites for hydroxylation is 2. The molecule has 3 N–H and O–H groups in total. The Morgan fingerprint density at radius 2 is 1.00 bits per heavy atom. The Hall–Kier alpha value is -0.860.